The van der Waals surface area contributed by atoms with E-state index < -0.39 is 6.67 Å². The van der Waals surface area contributed by atoms with Crippen molar-refractivity contribution in [3.63, 3.8) is 0 Å². The number of hydrogen-bond acceptors (Lipinski definition) is 4. The lowest BCUT2D eigenvalue weighted by molar-refractivity contribution is -0.123. The normalized spacial score (nSPS) is 18.3. The first kappa shape index (κ1) is 29.2. The van der Waals surface area contributed by atoms with Gasteiger partial charge in [0, 0.05) is 38.9 Å². The van der Waals surface area contributed by atoms with Gasteiger partial charge in [0.1, 0.15) is 6.67 Å². The van der Waals surface area contributed by atoms with Crippen LogP contribution in [0.25, 0.3) is 0 Å². The first-order valence-electron chi connectivity index (χ1n) is 12.0. The predicted molar refractivity (Wildman–Crippen MR) is 133 cm³/mol. The van der Waals surface area contributed by atoms with Crippen LogP contribution < -0.4 is 0 Å². The minimum absolute atomic E-state index is 0.124. The Bertz CT molecular complexity index is 591. The molecule has 2 aliphatic heterocycles. The smallest absolute Gasteiger partial charge is 0.152 e. The summed E-state index contributed by atoms with van der Waals surface area (Å²) < 4.78 is 12.3. The summed E-state index contributed by atoms with van der Waals surface area (Å²) in [5, 5.41) is 0. The molecule has 2 heterocycles. The van der Waals surface area contributed by atoms with E-state index in [1.165, 1.54) is 6.08 Å². The van der Waals surface area contributed by atoms with E-state index in [4.69, 9.17) is 0 Å². The van der Waals surface area contributed by atoms with E-state index in [2.05, 4.69) is 41.7 Å². The van der Waals surface area contributed by atoms with E-state index in [-0.39, 0.29) is 17.7 Å². The standard InChI is InChI=1S/C22H36FN3O.2C2H6/c1-17(2)21(19(4)27)24(6)20(5)25-13-9-22(10-14-25)11-15-26(16-22)18(3)8-7-12-23;2*1-2/h7-8,17,21H,3,5,9-16H2,1-2,4,6H3;2*1-2H3/b8-7+;;. The molecular weight excluding hydrogens is 389 g/mol. The van der Waals surface area contributed by atoms with Crippen molar-refractivity contribution in [2.75, 3.05) is 39.9 Å². The molecule has 2 saturated heterocycles. The highest BCUT2D eigenvalue weighted by molar-refractivity contribution is 5.81. The maximum absolute atomic E-state index is 12.3. The van der Waals surface area contributed by atoms with Crippen LogP contribution in [0.4, 0.5) is 4.39 Å². The largest absolute Gasteiger partial charge is 0.371 e. The summed E-state index contributed by atoms with van der Waals surface area (Å²) in [6, 6.07) is -0.124. The van der Waals surface area contributed by atoms with Crippen molar-refractivity contribution in [2.24, 2.45) is 11.3 Å². The number of ketones is 1. The molecule has 1 unspecified atom stereocenters. The molecule has 0 aromatic heterocycles. The fourth-order valence-corrected chi connectivity index (χ4v) is 4.69. The zero-order valence-corrected chi connectivity index (χ0v) is 21.5. The summed E-state index contributed by atoms with van der Waals surface area (Å²) in [5.41, 5.74) is 1.23. The van der Waals surface area contributed by atoms with Crippen molar-refractivity contribution >= 4 is 5.78 Å². The molecular formula is C26H48FN3O. The number of alkyl halides is 1. The maximum Gasteiger partial charge on any atom is 0.152 e. The average Bonchev–Trinajstić information content (AvgIpc) is 3.18. The van der Waals surface area contributed by atoms with Gasteiger partial charge in [-0.2, -0.15) is 0 Å². The number of rotatable bonds is 8. The van der Waals surface area contributed by atoms with Gasteiger partial charge in [0.25, 0.3) is 0 Å². The maximum atomic E-state index is 12.3. The number of halogens is 1. The Kier molecular flexibility index (Phi) is 13.5. The number of piperidine rings is 1. The van der Waals surface area contributed by atoms with Crippen LogP contribution in [-0.4, -0.2) is 66.4 Å². The Morgan fingerprint density at radius 2 is 1.55 bits per heavy atom. The van der Waals surface area contributed by atoms with E-state index in [0.717, 1.165) is 57.0 Å². The van der Waals surface area contributed by atoms with E-state index >= 15 is 0 Å². The molecule has 4 nitrogen and oxygen atoms in total. The molecule has 1 atom stereocenters. The van der Waals surface area contributed by atoms with Crippen LogP contribution in [0.2, 0.25) is 0 Å². The molecule has 1 spiro atoms. The van der Waals surface area contributed by atoms with E-state index in [1.54, 1.807) is 13.0 Å². The van der Waals surface area contributed by atoms with Crippen LogP contribution in [0, 0.1) is 11.3 Å². The van der Waals surface area contributed by atoms with Gasteiger partial charge in [-0.1, -0.05) is 60.8 Å². The Hall–Kier alpha value is -1.78. The van der Waals surface area contributed by atoms with Crippen LogP contribution >= 0.6 is 0 Å². The third-order valence-corrected chi connectivity index (χ3v) is 6.31. The summed E-state index contributed by atoms with van der Waals surface area (Å²) in [4.78, 5) is 18.7. The molecule has 180 valence electrons. The number of carbonyl (C=O) groups excluding carboxylic acids is 1. The van der Waals surface area contributed by atoms with Gasteiger partial charge in [0.05, 0.1) is 11.9 Å². The SMILES string of the molecule is C=C(/C=C/CF)N1CCC2(CCN(C(=C)N(C)C(C(C)=O)C(C)C)CC2)C1.CC.CC. The number of Topliss-reactive ketones (excluding diaryl/α,β-unsaturated/α-hetero) is 1. The number of hydrogen-bond donors (Lipinski definition) is 0. The van der Waals surface area contributed by atoms with Gasteiger partial charge in [-0.3, -0.25) is 4.79 Å². The van der Waals surface area contributed by atoms with Gasteiger partial charge < -0.3 is 14.7 Å². The molecule has 5 heteroatoms. The van der Waals surface area contributed by atoms with Crippen molar-refractivity contribution in [3.05, 3.63) is 36.8 Å². The lowest BCUT2D eigenvalue weighted by Gasteiger charge is -2.44. The summed E-state index contributed by atoms with van der Waals surface area (Å²) >= 11 is 0. The van der Waals surface area contributed by atoms with Crippen molar-refractivity contribution in [1.82, 2.24) is 14.7 Å². The second-order valence-corrected chi connectivity index (χ2v) is 8.53. The van der Waals surface area contributed by atoms with Crippen LogP contribution in [0.5, 0.6) is 0 Å². The molecule has 0 bridgehead atoms. The Morgan fingerprint density at radius 3 is 1.97 bits per heavy atom. The molecule has 0 saturated carbocycles. The molecule has 0 radical (unpaired) electrons. The van der Waals surface area contributed by atoms with Crippen molar-refractivity contribution < 1.29 is 9.18 Å². The molecule has 2 aliphatic rings. The fraction of sp³-hybridized carbons (Fsp3) is 0.731. The molecule has 0 aromatic carbocycles. The highest BCUT2D eigenvalue weighted by Crippen LogP contribution is 2.42. The monoisotopic (exact) mass is 437 g/mol. The Balaban J connectivity index is 0.00000212. The number of nitrogens with zero attached hydrogens (tertiary/aromatic N) is 3. The van der Waals surface area contributed by atoms with Gasteiger partial charge in [-0.15, -0.1) is 0 Å². The van der Waals surface area contributed by atoms with Crippen LogP contribution in [0.3, 0.4) is 0 Å². The van der Waals surface area contributed by atoms with E-state index in [0.29, 0.717) is 5.41 Å². The first-order valence-corrected chi connectivity index (χ1v) is 12.0. The molecule has 31 heavy (non-hydrogen) atoms. The molecule has 0 amide bonds. The lowest BCUT2D eigenvalue weighted by atomic mass is 9.78. The second kappa shape index (κ2) is 14.3. The Labute approximate surface area is 191 Å². The second-order valence-electron chi connectivity index (χ2n) is 8.53. The molecule has 0 N–H and O–H groups in total. The Morgan fingerprint density at radius 1 is 1.06 bits per heavy atom. The van der Waals surface area contributed by atoms with Crippen LogP contribution in [-0.2, 0) is 4.79 Å². The molecule has 0 aliphatic carbocycles. The third kappa shape index (κ3) is 8.01. The van der Waals surface area contributed by atoms with Gasteiger partial charge in [0.2, 0.25) is 0 Å². The van der Waals surface area contributed by atoms with Gasteiger partial charge in [-0.05, 0) is 43.6 Å². The summed E-state index contributed by atoms with van der Waals surface area (Å²) in [6.07, 6.45) is 6.70. The van der Waals surface area contributed by atoms with Crippen molar-refractivity contribution in [2.45, 2.75) is 73.8 Å². The average molecular weight is 438 g/mol. The summed E-state index contributed by atoms with van der Waals surface area (Å²) in [7, 11) is 1.98. The van der Waals surface area contributed by atoms with Crippen LogP contribution in [0.15, 0.2) is 36.8 Å². The number of allylic oxidation sites excluding steroid dienone is 2. The highest BCUT2D eigenvalue weighted by atomic mass is 19.1. The number of likely N-dealkylation sites (tertiary alicyclic amines) is 2. The zero-order chi connectivity index (χ0) is 24.2. The molecule has 0 aromatic rings. The van der Waals surface area contributed by atoms with Crippen molar-refractivity contribution in [3.8, 4) is 0 Å². The summed E-state index contributed by atoms with van der Waals surface area (Å²) in [6.45, 7) is 25.7. The highest BCUT2D eigenvalue weighted by Gasteiger charge is 2.41. The predicted octanol–water partition coefficient (Wildman–Crippen LogP) is 5.88. The quantitative estimate of drug-likeness (QED) is 0.443. The molecule has 2 fully saturated rings. The van der Waals surface area contributed by atoms with Crippen molar-refractivity contribution in [1.29, 1.82) is 0 Å². The zero-order valence-electron chi connectivity index (χ0n) is 21.5. The van der Waals surface area contributed by atoms with E-state index in [9.17, 15) is 9.18 Å². The summed E-state index contributed by atoms with van der Waals surface area (Å²) in [5.74, 6) is 1.39. The first-order chi connectivity index (χ1) is 14.7. The van der Waals surface area contributed by atoms with Gasteiger partial charge in [-0.25, -0.2) is 4.39 Å². The lowest BCUT2D eigenvalue weighted by Crippen LogP contribution is -2.48. The molecule has 2 rings (SSSR count). The van der Waals surface area contributed by atoms with Crippen LogP contribution in [0.1, 0.15) is 67.7 Å². The minimum Gasteiger partial charge on any atom is -0.371 e. The minimum atomic E-state index is -0.444. The fourth-order valence-electron chi connectivity index (χ4n) is 4.69. The topological polar surface area (TPSA) is 26.8 Å². The van der Waals surface area contributed by atoms with Gasteiger partial charge >= 0.3 is 0 Å². The van der Waals surface area contributed by atoms with Gasteiger partial charge in [0.15, 0.2) is 5.78 Å². The number of likely N-dealkylation sites (N-methyl/N-ethyl adjacent to an activating group) is 1. The third-order valence-electron chi connectivity index (χ3n) is 6.31. The number of carbonyl (C=O) groups is 1. The van der Waals surface area contributed by atoms with E-state index in [1.807, 2.05) is 34.7 Å².